The fraction of sp³-hybridized carbons (Fsp3) is 0.100. The molecule has 2 aromatic rings. The zero-order valence-corrected chi connectivity index (χ0v) is 9.33. The van der Waals surface area contributed by atoms with E-state index in [0.717, 1.165) is 12.3 Å². The topological polar surface area (TPSA) is 70.7 Å². The lowest BCUT2D eigenvalue weighted by atomic mass is 10.4. The van der Waals surface area contributed by atoms with Gasteiger partial charge in [0.05, 0.1) is 17.8 Å². The van der Waals surface area contributed by atoms with Gasteiger partial charge in [-0.05, 0) is 6.07 Å². The molecule has 2 rings (SSSR count). The molecule has 88 valence electrons. The number of halogens is 2. The van der Waals surface area contributed by atoms with E-state index in [4.69, 9.17) is 11.6 Å². The molecule has 2 heterocycles. The summed E-state index contributed by atoms with van der Waals surface area (Å²) >= 11 is 5.77. The van der Waals surface area contributed by atoms with Crippen LogP contribution >= 0.6 is 11.6 Å². The molecule has 0 spiro atoms. The maximum absolute atomic E-state index is 12.7. The van der Waals surface area contributed by atoms with Gasteiger partial charge in [-0.1, -0.05) is 11.6 Å². The number of hydrogen-bond donors (Lipinski definition) is 2. The van der Waals surface area contributed by atoms with Gasteiger partial charge in [0, 0.05) is 12.3 Å². The van der Waals surface area contributed by atoms with Gasteiger partial charge in [0.1, 0.15) is 17.5 Å². The van der Waals surface area contributed by atoms with Crippen LogP contribution in [0.3, 0.4) is 0 Å². The zero-order chi connectivity index (χ0) is 12.3. The maximum atomic E-state index is 12.7. The van der Waals surface area contributed by atoms with Gasteiger partial charge in [0.2, 0.25) is 0 Å². The first-order valence-electron chi connectivity index (χ1n) is 4.74. The van der Waals surface area contributed by atoms with Gasteiger partial charge >= 0.3 is 0 Å². The monoisotopic (exact) mass is 254 g/mol. The molecule has 0 aromatic carbocycles. The van der Waals surface area contributed by atoms with Crippen LogP contribution in [-0.4, -0.2) is 15.0 Å². The summed E-state index contributed by atoms with van der Waals surface area (Å²) in [6, 6.07) is 2.46. The molecule has 2 aromatic heterocycles. The van der Waals surface area contributed by atoms with E-state index in [0.29, 0.717) is 11.6 Å². The molecule has 2 N–H and O–H groups in total. The standard InChI is InChI=1S/C10H8ClFN4O/c11-7-3-6(12)4-14-10(7)15-5-8-13-2-1-9(17)16-8/h1-4H,5H2,(H,14,15)(H,13,16,17). The fourth-order valence-electron chi connectivity index (χ4n) is 1.21. The SMILES string of the molecule is O=c1ccnc(CNc2ncc(F)cc2Cl)[nH]1. The highest BCUT2D eigenvalue weighted by molar-refractivity contribution is 6.32. The van der Waals surface area contributed by atoms with Crippen LogP contribution in [-0.2, 0) is 6.54 Å². The fourth-order valence-corrected chi connectivity index (χ4v) is 1.43. The molecule has 0 aliphatic heterocycles. The Morgan fingerprint density at radius 1 is 1.47 bits per heavy atom. The van der Waals surface area contributed by atoms with Crippen LogP contribution in [0.5, 0.6) is 0 Å². The van der Waals surface area contributed by atoms with Gasteiger partial charge < -0.3 is 10.3 Å². The van der Waals surface area contributed by atoms with E-state index in [-0.39, 0.29) is 17.1 Å². The Hall–Kier alpha value is -1.95. The number of aromatic nitrogens is 3. The van der Waals surface area contributed by atoms with Crippen molar-refractivity contribution < 1.29 is 4.39 Å². The Morgan fingerprint density at radius 2 is 2.29 bits per heavy atom. The molecule has 0 saturated heterocycles. The Balaban J connectivity index is 2.10. The lowest BCUT2D eigenvalue weighted by Crippen LogP contribution is -2.12. The molecule has 0 aliphatic rings. The van der Waals surface area contributed by atoms with Crippen molar-refractivity contribution >= 4 is 17.4 Å². The number of hydrogen-bond acceptors (Lipinski definition) is 4. The Morgan fingerprint density at radius 3 is 3.00 bits per heavy atom. The van der Waals surface area contributed by atoms with Crippen LogP contribution in [0.4, 0.5) is 10.2 Å². The van der Waals surface area contributed by atoms with Gasteiger partial charge in [-0.3, -0.25) is 4.79 Å². The van der Waals surface area contributed by atoms with Gasteiger partial charge in [-0.15, -0.1) is 0 Å². The number of anilines is 1. The molecule has 5 nitrogen and oxygen atoms in total. The molecule has 0 fully saturated rings. The number of nitrogens with one attached hydrogen (secondary N) is 2. The number of rotatable bonds is 3. The van der Waals surface area contributed by atoms with E-state index in [1.165, 1.54) is 12.3 Å². The number of nitrogens with zero attached hydrogens (tertiary/aromatic N) is 2. The minimum atomic E-state index is -0.508. The van der Waals surface area contributed by atoms with E-state index in [1.807, 2.05) is 0 Å². The van der Waals surface area contributed by atoms with E-state index < -0.39 is 5.82 Å². The third kappa shape index (κ3) is 3.01. The summed E-state index contributed by atoms with van der Waals surface area (Å²) in [5, 5.41) is 3.01. The van der Waals surface area contributed by atoms with Crippen molar-refractivity contribution in [3.8, 4) is 0 Å². The second kappa shape index (κ2) is 4.92. The normalized spacial score (nSPS) is 10.2. The molecular weight excluding hydrogens is 247 g/mol. The summed E-state index contributed by atoms with van der Waals surface area (Å²) < 4.78 is 12.7. The average Bonchev–Trinajstić information content (AvgIpc) is 2.28. The molecular formula is C10H8ClFN4O. The first-order valence-corrected chi connectivity index (χ1v) is 5.12. The minimum Gasteiger partial charge on any atom is -0.362 e. The van der Waals surface area contributed by atoms with Gasteiger partial charge in [-0.25, -0.2) is 14.4 Å². The molecule has 0 radical (unpaired) electrons. The van der Waals surface area contributed by atoms with Crippen molar-refractivity contribution in [2.24, 2.45) is 0 Å². The summed E-state index contributed by atoms with van der Waals surface area (Å²) in [5.74, 6) is 0.269. The molecule has 0 unspecified atom stereocenters. The van der Waals surface area contributed by atoms with Crippen LogP contribution in [0.2, 0.25) is 5.02 Å². The molecule has 0 aliphatic carbocycles. The Labute approximate surface area is 101 Å². The average molecular weight is 255 g/mol. The van der Waals surface area contributed by atoms with E-state index in [9.17, 15) is 9.18 Å². The molecule has 0 bridgehead atoms. The van der Waals surface area contributed by atoms with Crippen molar-refractivity contribution in [2.45, 2.75) is 6.54 Å². The second-order valence-corrected chi connectivity index (χ2v) is 3.63. The van der Waals surface area contributed by atoms with E-state index in [1.54, 1.807) is 0 Å². The molecule has 0 atom stereocenters. The van der Waals surface area contributed by atoms with Gasteiger partial charge in [-0.2, -0.15) is 0 Å². The molecule has 7 heteroatoms. The molecule has 17 heavy (non-hydrogen) atoms. The number of H-pyrrole nitrogens is 1. The van der Waals surface area contributed by atoms with Crippen LogP contribution in [0, 0.1) is 5.82 Å². The van der Waals surface area contributed by atoms with Crippen molar-refractivity contribution in [1.29, 1.82) is 0 Å². The highest BCUT2D eigenvalue weighted by Crippen LogP contribution is 2.19. The highest BCUT2D eigenvalue weighted by Gasteiger charge is 2.03. The van der Waals surface area contributed by atoms with Gasteiger partial charge in [0.15, 0.2) is 0 Å². The Bertz CT molecular complexity index is 587. The van der Waals surface area contributed by atoms with Crippen molar-refractivity contribution in [2.75, 3.05) is 5.32 Å². The summed E-state index contributed by atoms with van der Waals surface area (Å²) in [4.78, 5) is 21.2. The Kier molecular flexibility index (Phi) is 3.34. The second-order valence-electron chi connectivity index (χ2n) is 3.22. The third-order valence-corrected chi connectivity index (χ3v) is 2.24. The van der Waals surface area contributed by atoms with Crippen molar-refractivity contribution in [1.82, 2.24) is 15.0 Å². The lowest BCUT2D eigenvalue weighted by Gasteiger charge is -2.06. The van der Waals surface area contributed by atoms with E-state index in [2.05, 4.69) is 20.3 Å². The van der Waals surface area contributed by atoms with Crippen LogP contribution in [0.1, 0.15) is 5.82 Å². The highest BCUT2D eigenvalue weighted by atomic mass is 35.5. The quantitative estimate of drug-likeness (QED) is 0.872. The van der Waals surface area contributed by atoms with Crippen molar-refractivity contribution in [3.63, 3.8) is 0 Å². The summed E-state index contributed by atoms with van der Waals surface area (Å²) in [6.07, 6.45) is 2.45. The lowest BCUT2D eigenvalue weighted by molar-refractivity contribution is 0.622. The van der Waals surface area contributed by atoms with Crippen LogP contribution in [0.25, 0.3) is 0 Å². The van der Waals surface area contributed by atoms with Crippen LogP contribution in [0.15, 0.2) is 29.3 Å². The summed E-state index contributed by atoms with van der Waals surface area (Å²) in [5.41, 5.74) is -0.241. The zero-order valence-electron chi connectivity index (χ0n) is 8.58. The van der Waals surface area contributed by atoms with Crippen molar-refractivity contribution in [3.05, 3.63) is 51.5 Å². The molecule has 0 amide bonds. The predicted molar refractivity (Wildman–Crippen MR) is 61.4 cm³/mol. The summed E-state index contributed by atoms with van der Waals surface area (Å²) in [6.45, 7) is 0.244. The molecule has 0 saturated carbocycles. The predicted octanol–water partition coefficient (Wildman–Crippen LogP) is 1.57. The minimum absolute atomic E-state index is 0.170. The smallest absolute Gasteiger partial charge is 0.250 e. The maximum Gasteiger partial charge on any atom is 0.250 e. The largest absolute Gasteiger partial charge is 0.362 e. The first-order chi connectivity index (χ1) is 8.15. The first kappa shape index (κ1) is 11.5. The summed E-state index contributed by atoms with van der Waals surface area (Å²) in [7, 11) is 0. The van der Waals surface area contributed by atoms with E-state index >= 15 is 0 Å². The number of pyridine rings is 1. The van der Waals surface area contributed by atoms with Crippen LogP contribution < -0.4 is 10.9 Å². The third-order valence-electron chi connectivity index (χ3n) is 1.95. The van der Waals surface area contributed by atoms with Gasteiger partial charge in [0.25, 0.3) is 5.56 Å². The number of aromatic amines is 1.